The summed E-state index contributed by atoms with van der Waals surface area (Å²) >= 11 is 7.25. The number of carbonyl (C=O) groups is 2. The molecule has 0 aliphatic rings. The van der Waals surface area contributed by atoms with Gasteiger partial charge in [0.05, 0.1) is 12.5 Å². The van der Waals surface area contributed by atoms with Crippen molar-refractivity contribution < 1.29 is 18.4 Å². The van der Waals surface area contributed by atoms with Crippen LogP contribution < -0.4 is 16.0 Å². The average molecular weight is 558 g/mol. The standard InChI is InChI=1S/C24H26ClF2N5O2S.ClH/c1-3-5-20(29-21(33)11-16-9-18(26)12-19(27)10-16)22(34)30-24-32-31-23(35-24)14(2)28-13-15-6-4-7-17(25)8-15;/h4,6-10,12,14,20,28H,3,5,11,13H2,1-2H3,(H,29,33)(H,30,32,34);1H. The Bertz CT molecular complexity index is 1160. The summed E-state index contributed by atoms with van der Waals surface area (Å²) in [6.45, 7) is 4.40. The molecule has 2 atom stereocenters. The van der Waals surface area contributed by atoms with Crippen LogP contribution in [0.4, 0.5) is 13.9 Å². The first-order valence-corrected chi connectivity index (χ1v) is 12.3. The van der Waals surface area contributed by atoms with Crippen LogP contribution in [0.25, 0.3) is 0 Å². The molecule has 0 aliphatic heterocycles. The molecule has 0 aliphatic carbocycles. The van der Waals surface area contributed by atoms with Crippen molar-refractivity contribution in [3.8, 4) is 0 Å². The first kappa shape index (κ1) is 29.6. The third kappa shape index (κ3) is 9.09. The minimum Gasteiger partial charge on any atom is -0.344 e. The van der Waals surface area contributed by atoms with Crippen molar-refractivity contribution in [2.45, 2.75) is 51.7 Å². The Kier molecular flexibility index (Phi) is 11.6. The van der Waals surface area contributed by atoms with Crippen molar-refractivity contribution in [2.75, 3.05) is 5.32 Å². The third-order valence-electron chi connectivity index (χ3n) is 5.06. The van der Waals surface area contributed by atoms with E-state index in [2.05, 4.69) is 26.1 Å². The maximum atomic E-state index is 13.4. The fourth-order valence-electron chi connectivity index (χ4n) is 3.36. The van der Waals surface area contributed by atoms with E-state index in [1.165, 1.54) is 11.3 Å². The van der Waals surface area contributed by atoms with Crippen LogP contribution in [0.2, 0.25) is 5.02 Å². The smallest absolute Gasteiger partial charge is 0.248 e. The van der Waals surface area contributed by atoms with Crippen molar-refractivity contribution in [1.82, 2.24) is 20.8 Å². The van der Waals surface area contributed by atoms with Crippen LogP contribution in [0.1, 0.15) is 48.9 Å². The molecule has 194 valence electrons. The van der Waals surface area contributed by atoms with E-state index in [9.17, 15) is 18.4 Å². The fourth-order valence-corrected chi connectivity index (χ4v) is 4.35. The van der Waals surface area contributed by atoms with E-state index in [0.717, 1.165) is 23.8 Å². The molecule has 0 spiro atoms. The van der Waals surface area contributed by atoms with E-state index in [1.54, 1.807) is 0 Å². The predicted molar refractivity (Wildman–Crippen MR) is 139 cm³/mol. The maximum Gasteiger partial charge on any atom is 0.248 e. The maximum absolute atomic E-state index is 13.4. The molecule has 7 nitrogen and oxygen atoms in total. The Morgan fingerprint density at radius 3 is 2.47 bits per heavy atom. The van der Waals surface area contributed by atoms with E-state index in [1.807, 2.05) is 38.1 Å². The molecule has 0 bridgehead atoms. The molecule has 0 saturated carbocycles. The van der Waals surface area contributed by atoms with Gasteiger partial charge in [0.25, 0.3) is 0 Å². The van der Waals surface area contributed by atoms with Gasteiger partial charge in [-0.1, -0.05) is 48.4 Å². The number of anilines is 1. The summed E-state index contributed by atoms with van der Waals surface area (Å²) in [7, 11) is 0. The monoisotopic (exact) mass is 557 g/mol. The van der Waals surface area contributed by atoms with Gasteiger partial charge in [-0.05, 0) is 48.7 Å². The topological polar surface area (TPSA) is 96.0 Å². The Hall–Kier alpha value is -2.66. The van der Waals surface area contributed by atoms with Gasteiger partial charge in [-0.3, -0.25) is 14.9 Å². The second-order valence-corrected chi connectivity index (χ2v) is 9.48. The number of hydrogen-bond donors (Lipinski definition) is 3. The number of nitrogens with zero attached hydrogens (tertiary/aromatic N) is 2. The van der Waals surface area contributed by atoms with Gasteiger partial charge in [0, 0.05) is 17.6 Å². The summed E-state index contributed by atoms with van der Waals surface area (Å²) in [6.07, 6.45) is 0.776. The highest BCUT2D eigenvalue weighted by Gasteiger charge is 2.22. The summed E-state index contributed by atoms with van der Waals surface area (Å²) in [5.41, 5.74) is 1.21. The molecule has 12 heteroatoms. The molecule has 1 aromatic heterocycles. The molecule has 3 aromatic rings. The molecule has 0 saturated heterocycles. The van der Waals surface area contributed by atoms with Gasteiger partial charge in [0.2, 0.25) is 16.9 Å². The summed E-state index contributed by atoms with van der Waals surface area (Å²) in [5.74, 6) is -2.48. The van der Waals surface area contributed by atoms with Gasteiger partial charge < -0.3 is 10.6 Å². The molecule has 3 rings (SSSR count). The number of hydrogen-bond acceptors (Lipinski definition) is 6. The zero-order chi connectivity index (χ0) is 25.4. The zero-order valence-corrected chi connectivity index (χ0v) is 22.1. The van der Waals surface area contributed by atoms with E-state index < -0.39 is 29.5 Å². The summed E-state index contributed by atoms with van der Waals surface area (Å²) in [6, 6.07) is 9.49. The second-order valence-electron chi connectivity index (χ2n) is 8.03. The molecule has 2 aromatic carbocycles. The largest absolute Gasteiger partial charge is 0.344 e. The Morgan fingerprint density at radius 2 is 1.81 bits per heavy atom. The highest BCUT2D eigenvalue weighted by molar-refractivity contribution is 7.15. The summed E-state index contributed by atoms with van der Waals surface area (Å²) in [5, 5.41) is 18.5. The molecular formula is C24H27Cl2F2N5O2S. The van der Waals surface area contributed by atoms with Gasteiger partial charge in [0.1, 0.15) is 22.7 Å². The summed E-state index contributed by atoms with van der Waals surface area (Å²) in [4.78, 5) is 25.2. The van der Waals surface area contributed by atoms with E-state index in [4.69, 9.17) is 11.6 Å². The highest BCUT2D eigenvalue weighted by Crippen LogP contribution is 2.22. The van der Waals surface area contributed by atoms with Crippen LogP contribution in [0, 0.1) is 11.6 Å². The fraction of sp³-hybridized carbons (Fsp3) is 0.333. The molecule has 2 amide bonds. The molecule has 2 unspecified atom stereocenters. The first-order chi connectivity index (χ1) is 16.7. The van der Waals surface area contributed by atoms with Crippen LogP contribution in [0.3, 0.4) is 0 Å². The number of aromatic nitrogens is 2. The molecule has 1 heterocycles. The lowest BCUT2D eigenvalue weighted by Gasteiger charge is -2.17. The van der Waals surface area contributed by atoms with Gasteiger partial charge in [-0.2, -0.15) is 0 Å². The third-order valence-corrected chi connectivity index (χ3v) is 6.32. The minimum atomic E-state index is -0.823. The van der Waals surface area contributed by atoms with Crippen molar-refractivity contribution in [2.24, 2.45) is 0 Å². The zero-order valence-electron chi connectivity index (χ0n) is 19.7. The van der Waals surface area contributed by atoms with Crippen molar-refractivity contribution >= 4 is 52.3 Å². The van der Waals surface area contributed by atoms with Crippen LogP contribution in [0.15, 0.2) is 42.5 Å². The molecule has 36 heavy (non-hydrogen) atoms. The number of rotatable bonds is 11. The van der Waals surface area contributed by atoms with E-state index >= 15 is 0 Å². The lowest BCUT2D eigenvalue weighted by atomic mass is 10.1. The average Bonchev–Trinajstić information content (AvgIpc) is 3.25. The van der Waals surface area contributed by atoms with Crippen LogP contribution >= 0.6 is 35.3 Å². The first-order valence-electron chi connectivity index (χ1n) is 11.1. The van der Waals surface area contributed by atoms with E-state index in [0.29, 0.717) is 34.5 Å². The molecule has 0 radical (unpaired) electrons. The lowest BCUT2D eigenvalue weighted by molar-refractivity contribution is -0.126. The SMILES string of the molecule is CCCC(NC(=O)Cc1cc(F)cc(F)c1)C(=O)Nc1nnc(C(C)NCc2cccc(Cl)c2)s1.Cl. The van der Waals surface area contributed by atoms with Gasteiger partial charge in [-0.25, -0.2) is 8.78 Å². The lowest BCUT2D eigenvalue weighted by Crippen LogP contribution is -2.44. The van der Waals surface area contributed by atoms with E-state index in [-0.39, 0.29) is 30.4 Å². The number of carbonyl (C=O) groups excluding carboxylic acids is 2. The second kappa shape index (κ2) is 14.2. The van der Waals surface area contributed by atoms with Crippen LogP contribution in [-0.2, 0) is 22.6 Å². The molecule has 3 N–H and O–H groups in total. The van der Waals surface area contributed by atoms with Crippen molar-refractivity contribution in [1.29, 1.82) is 0 Å². The number of amides is 2. The Labute approximate surface area is 223 Å². The highest BCUT2D eigenvalue weighted by atomic mass is 35.5. The number of halogens is 4. The Morgan fingerprint density at radius 1 is 1.08 bits per heavy atom. The predicted octanol–water partition coefficient (Wildman–Crippen LogP) is 5.21. The van der Waals surface area contributed by atoms with Gasteiger partial charge >= 0.3 is 0 Å². The van der Waals surface area contributed by atoms with Gasteiger partial charge in [-0.15, -0.1) is 22.6 Å². The Balaban J connectivity index is 0.00000456. The summed E-state index contributed by atoms with van der Waals surface area (Å²) < 4.78 is 26.8. The normalized spacial score (nSPS) is 12.4. The van der Waals surface area contributed by atoms with Crippen LogP contribution in [-0.4, -0.2) is 28.1 Å². The minimum absolute atomic E-state index is 0. The van der Waals surface area contributed by atoms with Gasteiger partial charge in [0.15, 0.2) is 0 Å². The number of nitrogens with one attached hydrogen (secondary N) is 3. The quantitative estimate of drug-likeness (QED) is 0.301. The molecular weight excluding hydrogens is 531 g/mol. The molecule has 0 fully saturated rings. The van der Waals surface area contributed by atoms with Crippen LogP contribution in [0.5, 0.6) is 0 Å². The van der Waals surface area contributed by atoms with Crippen molar-refractivity contribution in [3.63, 3.8) is 0 Å². The number of benzene rings is 2. The van der Waals surface area contributed by atoms with Crippen molar-refractivity contribution in [3.05, 3.63) is 75.3 Å².